The van der Waals surface area contributed by atoms with Gasteiger partial charge in [-0.3, -0.25) is 14.1 Å². The Balaban J connectivity index is 1.54. The van der Waals surface area contributed by atoms with Crippen LogP contribution in [0.1, 0.15) is 26.4 Å². The molecular formula is C30H21BrN2O7S. The Morgan fingerprint density at radius 3 is 2.17 bits per heavy atom. The zero-order valence-corrected chi connectivity index (χ0v) is 23.5. The molecule has 41 heavy (non-hydrogen) atoms. The molecule has 0 bridgehead atoms. The molecule has 206 valence electrons. The predicted octanol–water partition coefficient (Wildman–Crippen LogP) is 5.68. The van der Waals surface area contributed by atoms with Gasteiger partial charge in [0.1, 0.15) is 5.69 Å². The van der Waals surface area contributed by atoms with Gasteiger partial charge in [-0.1, -0.05) is 64.5 Å². The minimum atomic E-state index is -4.08. The van der Waals surface area contributed by atoms with E-state index >= 15 is 0 Å². The maximum atomic E-state index is 13.6. The molecule has 9 nitrogen and oxygen atoms in total. The van der Waals surface area contributed by atoms with Crippen LogP contribution in [0, 0.1) is 0 Å². The van der Waals surface area contributed by atoms with E-state index in [4.69, 9.17) is 5.11 Å². The van der Waals surface area contributed by atoms with Crippen molar-refractivity contribution in [2.45, 2.75) is 11.4 Å². The van der Waals surface area contributed by atoms with Gasteiger partial charge in [-0.15, -0.1) is 0 Å². The molecule has 0 saturated carbocycles. The van der Waals surface area contributed by atoms with E-state index in [0.717, 1.165) is 6.07 Å². The van der Waals surface area contributed by atoms with E-state index in [2.05, 4.69) is 20.7 Å². The molecule has 0 aliphatic carbocycles. The average Bonchev–Trinajstić information content (AvgIpc) is 2.95. The summed E-state index contributed by atoms with van der Waals surface area (Å²) in [5.41, 5.74) is 0.984. The number of fused-ring (bicyclic) bond motifs is 1. The van der Waals surface area contributed by atoms with Crippen molar-refractivity contribution in [1.82, 2.24) is 4.57 Å². The largest absolute Gasteiger partial charge is 0.478 e. The van der Waals surface area contributed by atoms with Crippen molar-refractivity contribution in [1.29, 1.82) is 0 Å². The highest BCUT2D eigenvalue weighted by molar-refractivity contribution is 9.10. The number of aromatic nitrogens is 1. The number of benzene rings is 4. The van der Waals surface area contributed by atoms with Gasteiger partial charge in [-0.2, -0.15) is 0 Å². The van der Waals surface area contributed by atoms with Crippen molar-refractivity contribution >= 4 is 54.4 Å². The third kappa shape index (κ3) is 5.63. The third-order valence-electron chi connectivity index (χ3n) is 6.44. The van der Waals surface area contributed by atoms with Crippen molar-refractivity contribution in [3.63, 3.8) is 0 Å². The highest BCUT2D eigenvalue weighted by atomic mass is 79.9. The predicted molar refractivity (Wildman–Crippen MR) is 158 cm³/mol. The minimum Gasteiger partial charge on any atom is -0.478 e. The number of hydrogen-bond acceptors (Lipinski definition) is 5. The molecule has 1 aromatic heterocycles. The van der Waals surface area contributed by atoms with Crippen LogP contribution in [0.2, 0.25) is 0 Å². The fourth-order valence-corrected chi connectivity index (χ4v) is 6.03. The number of nitrogens with zero attached hydrogens (tertiary/aromatic N) is 1. The number of carboxylic acids is 2. The molecular weight excluding hydrogens is 612 g/mol. The molecule has 5 aromatic rings. The lowest BCUT2D eigenvalue weighted by Crippen LogP contribution is -2.28. The van der Waals surface area contributed by atoms with Crippen LogP contribution in [-0.4, -0.2) is 35.1 Å². The molecule has 3 N–H and O–H groups in total. The fourth-order valence-electron chi connectivity index (χ4n) is 4.56. The normalized spacial score (nSPS) is 11.3. The lowest BCUT2D eigenvalue weighted by Gasteiger charge is -2.18. The van der Waals surface area contributed by atoms with Crippen molar-refractivity contribution in [3.8, 4) is 11.1 Å². The van der Waals surface area contributed by atoms with Gasteiger partial charge < -0.3 is 10.2 Å². The Kier molecular flexibility index (Phi) is 7.48. The summed E-state index contributed by atoms with van der Waals surface area (Å²) in [6.45, 7) is -0.0833. The van der Waals surface area contributed by atoms with Crippen LogP contribution in [0.3, 0.4) is 0 Å². The highest BCUT2D eigenvalue weighted by Gasteiger charge is 2.23. The third-order valence-corrected chi connectivity index (χ3v) is 8.31. The van der Waals surface area contributed by atoms with Gasteiger partial charge in [-0.25, -0.2) is 18.0 Å². The Morgan fingerprint density at radius 1 is 0.805 bits per heavy atom. The summed E-state index contributed by atoms with van der Waals surface area (Å²) in [5.74, 6) is -2.52. The number of pyridine rings is 1. The van der Waals surface area contributed by atoms with Crippen molar-refractivity contribution in [2.75, 3.05) is 4.72 Å². The number of rotatable bonds is 8. The molecule has 0 saturated heterocycles. The molecule has 0 aliphatic rings. The number of anilines is 1. The fraction of sp³-hybridized carbons (Fsp3) is 0.0333. The van der Waals surface area contributed by atoms with Gasteiger partial charge >= 0.3 is 11.9 Å². The van der Waals surface area contributed by atoms with E-state index < -0.39 is 27.5 Å². The molecule has 0 aliphatic heterocycles. The second kappa shape index (κ2) is 11.0. The van der Waals surface area contributed by atoms with Crippen LogP contribution in [0.25, 0.3) is 21.9 Å². The van der Waals surface area contributed by atoms with Crippen LogP contribution in [0.5, 0.6) is 0 Å². The second-order valence-electron chi connectivity index (χ2n) is 9.11. The molecule has 0 spiro atoms. The Morgan fingerprint density at radius 2 is 1.51 bits per heavy atom. The van der Waals surface area contributed by atoms with Gasteiger partial charge in [0, 0.05) is 21.1 Å². The monoisotopic (exact) mass is 632 g/mol. The van der Waals surface area contributed by atoms with Gasteiger partial charge in [0.2, 0.25) is 0 Å². The van der Waals surface area contributed by atoms with Gasteiger partial charge in [0.15, 0.2) is 0 Å². The van der Waals surface area contributed by atoms with E-state index in [1.807, 2.05) is 6.07 Å². The molecule has 0 fully saturated rings. The number of halogens is 1. The topological polar surface area (TPSA) is 143 Å². The molecule has 1 heterocycles. The zero-order chi connectivity index (χ0) is 29.3. The number of nitrogens with one attached hydrogen (secondary N) is 1. The summed E-state index contributed by atoms with van der Waals surface area (Å²) in [6.07, 6.45) is 0. The summed E-state index contributed by atoms with van der Waals surface area (Å²) in [4.78, 5) is 37.2. The molecule has 4 aromatic carbocycles. The van der Waals surface area contributed by atoms with Crippen molar-refractivity contribution in [2.24, 2.45) is 0 Å². The average molecular weight is 633 g/mol. The van der Waals surface area contributed by atoms with Crippen LogP contribution in [0.15, 0.2) is 111 Å². The molecule has 0 amide bonds. The summed E-state index contributed by atoms with van der Waals surface area (Å²) in [5, 5.41) is 20.3. The van der Waals surface area contributed by atoms with Crippen LogP contribution in [-0.2, 0) is 16.6 Å². The first-order valence-electron chi connectivity index (χ1n) is 12.1. The summed E-state index contributed by atoms with van der Waals surface area (Å²) in [7, 11) is -4.08. The van der Waals surface area contributed by atoms with Crippen molar-refractivity contribution in [3.05, 3.63) is 129 Å². The van der Waals surface area contributed by atoms with Crippen LogP contribution in [0.4, 0.5) is 5.69 Å². The standard InChI is InChI=1S/C30H21BrN2O7S/c31-21-11-14-24-25(16-21)26(19-5-2-1-3-6-19)27(30(37)38)33(28(24)34)17-18-9-12-22(13-10-18)32-41(39,40)23-8-4-7-20(15-23)29(35)36/h1-16,32H,17H2,(H,35,36)(H,37,38). The van der Waals surface area contributed by atoms with E-state index in [1.54, 1.807) is 54.6 Å². The molecule has 5 rings (SSSR count). The highest BCUT2D eigenvalue weighted by Crippen LogP contribution is 2.33. The molecule has 0 atom stereocenters. The first kappa shape index (κ1) is 27.8. The SMILES string of the molecule is O=C(O)c1cccc(S(=O)(=O)Nc2ccc(Cn3c(C(=O)O)c(-c4ccccc4)c4cc(Br)ccc4c3=O)cc2)c1. The molecule has 0 radical (unpaired) electrons. The van der Waals surface area contributed by atoms with Crippen molar-refractivity contribution < 1.29 is 28.2 Å². The molecule has 11 heteroatoms. The Bertz CT molecular complexity index is 1990. The first-order chi connectivity index (χ1) is 19.5. The maximum Gasteiger partial charge on any atom is 0.353 e. The number of carboxylic acid groups (broad SMARTS) is 2. The van der Waals surface area contributed by atoms with E-state index in [9.17, 15) is 27.9 Å². The van der Waals surface area contributed by atoms with Crippen LogP contribution < -0.4 is 10.3 Å². The number of sulfonamides is 1. The number of carbonyl (C=O) groups is 2. The second-order valence-corrected chi connectivity index (χ2v) is 11.7. The first-order valence-corrected chi connectivity index (χ1v) is 14.4. The number of hydrogen-bond donors (Lipinski definition) is 3. The quantitative estimate of drug-likeness (QED) is 0.200. The summed E-state index contributed by atoms with van der Waals surface area (Å²) in [6, 6.07) is 25.1. The lowest BCUT2D eigenvalue weighted by molar-refractivity contribution is 0.0678. The van der Waals surface area contributed by atoms with Gasteiger partial charge in [-0.05, 0) is 65.0 Å². The summed E-state index contributed by atoms with van der Waals surface area (Å²) >= 11 is 3.42. The van der Waals surface area contributed by atoms with E-state index in [1.165, 1.54) is 34.9 Å². The number of aromatic carboxylic acids is 2. The zero-order valence-electron chi connectivity index (χ0n) is 21.1. The molecule has 0 unspecified atom stereocenters. The van der Waals surface area contributed by atoms with Crippen LogP contribution >= 0.6 is 15.9 Å². The smallest absolute Gasteiger partial charge is 0.353 e. The van der Waals surface area contributed by atoms with E-state index in [-0.39, 0.29) is 28.4 Å². The Labute approximate surface area is 242 Å². The lowest BCUT2D eigenvalue weighted by atomic mass is 9.96. The van der Waals surface area contributed by atoms with E-state index in [0.29, 0.717) is 31.9 Å². The maximum absolute atomic E-state index is 13.6. The van der Waals surface area contributed by atoms with Gasteiger partial charge in [0.05, 0.1) is 17.0 Å². The Hall–Kier alpha value is -4.74. The minimum absolute atomic E-state index is 0.0833. The summed E-state index contributed by atoms with van der Waals surface area (Å²) < 4.78 is 29.9. The van der Waals surface area contributed by atoms with Gasteiger partial charge in [0.25, 0.3) is 15.6 Å².